The maximum atomic E-state index is 12.9. The van der Waals surface area contributed by atoms with Gasteiger partial charge in [0, 0.05) is 51.0 Å². The smallest absolute Gasteiger partial charge is 0.446 e. The van der Waals surface area contributed by atoms with Crippen LogP contribution < -0.4 is 9.64 Å². The van der Waals surface area contributed by atoms with Gasteiger partial charge in [0.15, 0.2) is 0 Å². The second kappa shape index (κ2) is 11.1. The number of anilines is 1. The summed E-state index contributed by atoms with van der Waals surface area (Å²) in [6.07, 6.45) is -3.75. The van der Waals surface area contributed by atoms with Gasteiger partial charge in [-0.1, -0.05) is 30.3 Å². The summed E-state index contributed by atoms with van der Waals surface area (Å²) >= 11 is 0. The van der Waals surface area contributed by atoms with E-state index in [2.05, 4.69) is 21.8 Å². The lowest BCUT2D eigenvalue weighted by Gasteiger charge is -2.41. The zero-order chi connectivity index (χ0) is 25.7. The summed E-state index contributed by atoms with van der Waals surface area (Å²) < 4.78 is 47.4. The van der Waals surface area contributed by atoms with E-state index >= 15 is 0 Å². The van der Waals surface area contributed by atoms with Crippen LogP contribution in [0.15, 0.2) is 48.5 Å². The lowest BCUT2D eigenvalue weighted by Crippen LogP contribution is -2.55. The molecule has 2 aromatic carbocycles. The minimum absolute atomic E-state index is 0.117. The first-order chi connectivity index (χ1) is 17.2. The predicted molar refractivity (Wildman–Crippen MR) is 127 cm³/mol. The fourth-order valence-corrected chi connectivity index (χ4v) is 4.72. The molecule has 0 spiro atoms. The molecule has 2 aliphatic rings. The number of amides is 1. The average Bonchev–Trinajstić information content (AvgIpc) is 2.85. The zero-order valence-corrected chi connectivity index (χ0v) is 20.1. The van der Waals surface area contributed by atoms with Crippen molar-refractivity contribution >= 4 is 11.8 Å². The van der Waals surface area contributed by atoms with Crippen LogP contribution in [0.4, 0.5) is 23.7 Å². The summed E-state index contributed by atoms with van der Waals surface area (Å²) in [7, 11) is 0. The highest BCUT2D eigenvalue weighted by molar-refractivity contribution is 5.69. The van der Waals surface area contributed by atoms with Crippen molar-refractivity contribution in [2.45, 2.75) is 44.8 Å². The summed E-state index contributed by atoms with van der Waals surface area (Å²) in [5.74, 6) is -0.529. The minimum Gasteiger partial charge on any atom is -0.446 e. The largest absolute Gasteiger partial charge is 0.573 e. The predicted octanol–water partition coefficient (Wildman–Crippen LogP) is 4.77. The Labute approximate surface area is 208 Å². The van der Waals surface area contributed by atoms with Crippen LogP contribution >= 0.6 is 0 Å². The van der Waals surface area contributed by atoms with Crippen molar-refractivity contribution in [1.82, 2.24) is 9.80 Å². The number of benzene rings is 2. The molecule has 0 unspecified atom stereocenters. The van der Waals surface area contributed by atoms with E-state index in [0.29, 0.717) is 25.3 Å². The normalized spacial score (nSPS) is 19.6. The molecule has 2 fully saturated rings. The van der Waals surface area contributed by atoms with Crippen LogP contribution in [0.5, 0.6) is 5.75 Å². The van der Waals surface area contributed by atoms with Crippen molar-refractivity contribution in [3.8, 4) is 11.8 Å². The number of rotatable bonds is 5. The molecule has 0 radical (unpaired) electrons. The standard InChI is InChI=1S/C26H29F3N4O3/c1-19-17-32(22-7-8-24(21(15-22)16-30)36-26(27,28)29)13-14-33(19)25(34)35-23-9-11-31(12-10-23)18-20-5-3-2-4-6-20/h2-8,15,19,23H,9-14,17-18H2,1H3/t19-/m1/s1. The second-order valence-corrected chi connectivity index (χ2v) is 9.17. The summed E-state index contributed by atoms with van der Waals surface area (Å²) in [6, 6.07) is 15.9. The van der Waals surface area contributed by atoms with Crippen LogP contribution in [0.25, 0.3) is 0 Å². The van der Waals surface area contributed by atoms with E-state index in [4.69, 9.17) is 4.74 Å². The molecule has 2 saturated heterocycles. The molecule has 0 N–H and O–H groups in total. The number of alkyl halides is 3. The topological polar surface area (TPSA) is 69.0 Å². The quantitative estimate of drug-likeness (QED) is 0.587. The Kier molecular flexibility index (Phi) is 7.89. The molecule has 7 nitrogen and oxygen atoms in total. The maximum Gasteiger partial charge on any atom is 0.573 e. The molecule has 1 amide bonds. The van der Waals surface area contributed by atoms with Gasteiger partial charge < -0.3 is 19.3 Å². The number of hydrogen-bond acceptors (Lipinski definition) is 6. The van der Waals surface area contributed by atoms with E-state index < -0.39 is 12.1 Å². The molecule has 2 aliphatic heterocycles. The van der Waals surface area contributed by atoms with Gasteiger partial charge in [0.2, 0.25) is 0 Å². The average molecular weight is 503 g/mol. The highest BCUT2D eigenvalue weighted by Crippen LogP contribution is 2.30. The van der Waals surface area contributed by atoms with Gasteiger partial charge in [-0.15, -0.1) is 13.2 Å². The van der Waals surface area contributed by atoms with Crippen molar-refractivity contribution in [2.75, 3.05) is 37.6 Å². The second-order valence-electron chi connectivity index (χ2n) is 9.17. The molecular weight excluding hydrogens is 473 g/mol. The van der Waals surface area contributed by atoms with Crippen molar-refractivity contribution in [2.24, 2.45) is 0 Å². The summed E-state index contributed by atoms with van der Waals surface area (Å²) in [5, 5.41) is 9.26. The third-order valence-electron chi connectivity index (χ3n) is 6.59. The first-order valence-corrected chi connectivity index (χ1v) is 12.0. The number of hydrogen-bond donors (Lipinski definition) is 0. The number of piperidine rings is 1. The van der Waals surface area contributed by atoms with Crippen LogP contribution in [0.1, 0.15) is 30.9 Å². The number of halogens is 3. The van der Waals surface area contributed by atoms with E-state index in [1.165, 1.54) is 17.7 Å². The Morgan fingerprint density at radius 3 is 2.44 bits per heavy atom. The Balaban J connectivity index is 1.27. The van der Waals surface area contributed by atoms with Gasteiger partial charge in [-0.05, 0) is 43.5 Å². The number of nitriles is 1. The molecule has 1 atom stereocenters. The molecular formula is C26H29F3N4O3. The summed E-state index contributed by atoms with van der Waals surface area (Å²) in [5.41, 5.74) is 1.67. The number of piperazine rings is 1. The van der Waals surface area contributed by atoms with Crippen LogP contribution in [0, 0.1) is 11.3 Å². The zero-order valence-electron chi connectivity index (χ0n) is 20.1. The number of carbonyl (C=O) groups excluding carboxylic acids is 1. The lowest BCUT2D eigenvalue weighted by atomic mass is 10.1. The third kappa shape index (κ3) is 6.61. The molecule has 0 saturated carbocycles. The highest BCUT2D eigenvalue weighted by atomic mass is 19.4. The Hall–Kier alpha value is -3.45. The summed E-state index contributed by atoms with van der Waals surface area (Å²) in [4.78, 5) is 18.9. The number of ether oxygens (including phenoxy) is 2. The van der Waals surface area contributed by atoms with Gasteiger partial charge >= 0.3 is 12.5 Å². The molecule has 0 aromatic heterocycles. The van der Waals surface area contributed by atoms with Crippen molar-refractivity contribution in [3.63, 3.8) is 0 Å². The molecule has 0 bridgehead atoms. The summed E-state index contributed by atoms with van der Waals surface area (Å²) in [6.45, 7) is 5.88. The van der Waals surface area contributed by atoms with Gasteiger partial charge in [-0.3, -0.25) is 4.90 Å². The van der Waals surface area contributed by atoms with E-state index in [0.717, 1.165) is 38.5 Å². The van der Waals surface area contributed by atoms with Gasteiger partial charge in [0.25, 0.3) is 0 Å². The van der Waals surface area contributed by atoms with Crippen molar-refractivity contribution < 1.29 is 27.4 Å². The maximum absolute atomic E-state index is 12.9. The van der Waals surface area contributed by atoms with Crippen LogP contribution in [0.2, 0.25) is 0 Å². The van der Waals surface area contributed by atoms with Gasteiger partial charge in [-0.2, -0.15) is 5.26 Å². The third-order valence-corrected chi connectivity index (χ3v) is 6.59. The Morgan fingerprint density at radius 2 is 1.81 bits per heavy atom. The fraction of sp³-hybridized carbons (Fsp3) is 0.462. The first-order valence-electron chi connectivity index (χ1n) is 12.0. The molecule has 4 rings (SSSR count). The van der Waals surface area contributed by atoms with Crippen molar-refractivity contribution in [3.05, 3.63) is 59.7 Å². The molecule has 2 aromatic rings. The van der Waals surface area contributed by atoms with Gasteiger partial charge in [0.1, 0.15) is 17.9 Å². The van der Waals surface area contributed by atoms with E-state index in [1.807, 2.05) is 30.0 Å². The lowest BCUT2D eigenvalue weighted by molar-refractivity contribution is -0.274. The first kappa shape index (κ1) is 25.6. The minimum atomic E-state index is -4.87. The number of carbonyl (C=O) groups is 1. The van der Waals surface area contributed by atoms with Gasteiger partial charge in [0.05, 0.1) is 5.56 Å². The SMILES string of the molecule is C[C@@H]1CN(c2ccc(OC(F)(F)F)c(C#N)c2)CCN1C(=O)OC1CCN(Cc2ccccc2)CC1. The van der Waals surface area contributed by atoms with Crippen LogP contribution in [-0.2, 0) is 11.3 Å². The van der Waals surface area contributed by atoms with Gasteiger partial charge in [-0.25, -0.2) is 4.79 Å². The van der Waals surface area contributed by atoms with Crippen molar-refractivity contribution in [1.29, 1.82) is 5.26 Å². The highest BCUT2D eigenvalue weighted by Gasteiger charge is 2.34. The molecule has 36 heavy (non-hydrogen) atoms. The van der Waals surface area contributed by atoms with E-state index in [1.54, 1.807) is 11.0 Å². The number of nitrogens with zero attached hydrogens (tertiary/aromatic N) is 4. The van der Waals surface area contributed by atoms with E-state index in [-0.39, 0.29) is 23.8 Å². The van der Waals surface area contributed by atoms with Crippen LogP contribution in [0.3, 0.4) is 0 Å². The molecule has 192 valence electrons. The monoisotopic (exact) mass is 502 g/mol. The van der Waals surface area contributed by atoms with Crippen LogP contribution in [-0.4, -0.2) is 67.1 Å². The van der Waals surface area contributed by atoms with E-state index in [9.17, 15) is 23.2 Å². The Morgan fingerprint density at radius 1 is 1.08 bits per heavy atom. The fourth-order valence-electron chi connectivity index (χ4n) is 4.72. The molecule has 0 aliphatic carbocycles. The Bertz CT molecular complexity index is 1080. The molecule has 2 heterocycles. The number of likely N-dealkylation sites (tertiary alicyclic amines) is 1. The molecule has 10 heteroatoms.